The molecule has 0 aromatic carbocycles. The van der Waals surface area contributed by atoms with Crippen molar-refractivity contribution in [3.63, 3.8) is 0 Å². The van der Waals surface area contributed by atoms with Crippen LogP contribution in [-0.2, 0) is 0 Å². The highest BCUT2D eigenvalue weighted by molar-refractivity contribution is 4.96. The minimum atomic E-state index is -0.406. The Morgan fingerprint density at radius 1 is 0.786 bits per heavy atom. The van der Waals surface area contributed by atoms with E-state index in [9.17, 15) is 4.39 Å². The van der Waals surface area contributed by atoms with Gasteiger partial charge in [0.2, 0.25) is 0 Å². The van der Waals surface area contributed by atoms with Crippen molar-refractivity contribution in [2.75, 3.05) is 6.67 Å². The third-order valence-corrected chi connectivity index (χ3v) is 2.27. The second-order valence-corrected chi connectivity index (χ2v) is 6.62. The van der Waals surface area contributed by atoms with Crippen LogP contribution in [0.2, 0.25) is 0 Å². The van der Waals surface area contributed by atoms with Crippen molar-refractivity contribution < 1.29 is 4.39 Å². The summed E-state index contributed by atoms with van der Waals surface area (Å²) in [5.41, 5.74) is -0.446. The maximum Gasteiger partial charge on any atom is 0.107 e. The molecule has 0 spiro atoms. The third-order valence-electron chi connectivity index (χ3n) is 2.27. The molecule has 0 heterocycles. The summed E-state index contributed by atoms with van der Waals surface area (Å²) in [6.45, 7) is 16.4. The molecule has 0 aromatic rings. The Bertz CT molecular complexity index is 169. The lowest BCUT2D eigenvalue weighted by molar-refractivity contribution is -0.0589. The average Bonchev–Trinajstić information content (AvgIpc) is 1.79. The SMILES string of the molecule is CC(C)(C)N(C(C)(C)C)C(C)(C)CF. The fourth-order valence-corrected chi connectivity index (χ4v) is 2.88. The molecule has 86 valence electrons. The summed E-state index contributed by atoms with van der Waals surface area (Å²) < 4.78 is 13.0. The van der Waals surface area contributed by atoms with Gasteiger partial charge in [0.1, 0.15) is 6.67 Å². The van der Waals surface area contributed by atoms with Crippen molar-refractivity contribution in [3.05, 3.63) is 0 Å². The fraction of sp³-hybridized carbons (Fsp3) is 1.00. The van der Waals surface area contributed by atoms with Crippen LogP contribution < -0.4 is 0 Å². The van der Waals surface area contributed by atoms with E-state index in [0.29, 0.717) is 0 Å². The van der Waals surface area contributed by atoms with Crippen LogP contribution in [0.4, 0.5) is 4.39 Å². The summed E-state index contributed by atoms with van der Waals surface area (Å²) >= 11 is 0. The van der Waals surface area contributed by atoms with Crippen molar-refractivity contribution in [1.29, 1.82) is 0 Å². The molecule has 0 amide bonds. The maximum atomic E-state index is 13.0. The van der Waals surface area contributed by atoms with Gasteiger partial charge < -0.3 is 0 Å². The molecular formula is C12H26FN. The lowest BCUT2D eigenvalue weighted by atomic mass is 9.88. The number of nitrogens with zero attached hydrogens (tertiary/aromatic N) is 1. The average molecular weight is 203 g/mol. The number of hydrogen-bond acceptors (Lipinski definition) is 1. The van der Waals surface area contributed by atoms with Crippen LogP contribution in [-0.4, -0.2) is 28.2 Å². The molecule has 0 radical (unpaired) electrons. The van der Waals surface area contributed by atoms with Crippen LogP contribution in [0.15, 0.2) is 0 Å². The molecule has 0 atom stereocenters. The Balaban J connectivity index is 5.14. The first-order valence-electron chi connectivity index (χ1n) is 5.29. The summed E-state index contributed by atoms with van der Waals surface area (Å²) in [6, 6.07) is 0. The predicted molar refractivity (Wildman–Crippen MR) is 61.4 cm³/mol. The monoisotopic (exact) mass is 203 g/mol. The first kappa shape index (κ1) is 13.9. The Kier molecular flexibility index (Phi) is 3.77. The zero-order valence-electron chi connectivity index (χ0n) is 11.0. The van der Waals surface area contributed by atoms with Crippen LogP contribution in [0.25, 0.3) is 0 Å². The summed E-state index contributed by atoms with van der Waals surface area (Å²) in [6.07, 6.45) is 0. The molecular weight excluding hydrogens is 177 g/mol. The van der Waals surface area contributed by atoms with Crippen molar-refractivity contribution >= 4 is 0 Å². The van der Waals surface area contributed by atoms with E-state index in [1.165, 1.54) is 0 Å². The molecule has 2 heteroatoms. The Hall–Kier alpha value is -0.110. The summed E-state index contributed by atoms with van der Waals surface area (Å²) in [7, 11) is 0. The lowest BCUT2D eigenvalue weighted by Crippen LogP contribution is -2.63. The largest absolute Gasteiger partial charge is 0.286 e. The van der Waals surface area contributed by atoms with Gasteiger partial charge >= 0.3 is 0 Å². The highest BCUT2D eigenvalue weighted by Crippen LogP contribution is 2.33. The zero-order chi connectivity index (χ0) is 11.8. The molecule has 0 aliphatic heterocycles. The van der Waals surface area contributed by atoms with E-state index < -0.39 is 5.54 Å². The highest BCUT2D eigenvalue weighted by atomic mass is 19.1. The normalized spacial score (nSPS) is 15.0. The van der Waals surface area contributed by atoms with Gasteiger partial charge in [0, 0.05) is 16.6 Å². The van der Waals surface area contributed by atoms with Crippen molar-refractivity contribution in [1.82, 2.24) is 4.90 Å². The lowest BCUT2D eigenvalue weighted by Gasteiger charge is -2.53. The number of hydrogen-bond donors (Lipinski definition) is 0. The molecule has 0 saturated carbocycles. The maximum absolute atomic E-state index is 13.0. The molecule has 0 aliphatic carbocycles. The van der Waals surface area contributed by atoms with Crippen LogP contribution in [0.3, 0.4) is 0 Å². The van der Waals surface area contributed by atoms with Gasteiger partial charge in [0.15, 0.2) is 0 Å². The zero-order valence-corrected chi connectivity index (χ0v) is 11.0. The van der Waals surface area contributed by atoms with E-state index >= 15 is 0 Å². The summed E-state index contributed by atoms with van der Waals surface area (Å²) in [5, 5.41) is 0. The van der Waals surface area contributed by atoms with Crippen molar-refractivity contribution in [2.45, 2.75) is 72.0 Å². The van der Waals surface area contributed by atoms with Crippen LogP contribution >= 0.6 is 0 Å². The molecule has 0 aromatic heterocycles. The van der Waals surface area contributed by atoms with Crippen molar-refractivity contribution in [3.8, 4) is 0 Å². The standard InChI is InChI=1S/C12H26FN/c1-10(2,3)14(11(4,5)6)12(7,8)9-13/h9H2,1-8H3. The molecule has 0 saturated heterocycles. The second-order valence-electron chi connectivity index (χ2n) is 6.62. The van der Waals surface area contributed by atoms with Gasteiger partial charge in [0.25, 0.3) is 0 Å². The van der Waals surface area contributed by atoms with Crippen LogP contribution in [0.5, 0.6) is 0 Å². The van der Waals surface area contributed by atoms with E-state index in [0.717, 1.165) is 0 Å². The smallest absolute Gasteiger partial charge is 0.107 e. The van der Waals surface area contributed by atoms with Gasteiger partial charge in [-0.1, -0.05) is 0 Å². The topological polar surface area (TPSA) is 3.24 Å². The summed E-state index contributed by atoms with van der Waals surface area (Å²) in [5.74, 6) is 0. The van der Waals surface area contributed by atoms with E-state index in [-0.39, 0.29) is 17.8 Å². The van der Waals surface area contributed by atoms with E-state index in [4.69, 9.17) is 0 Å². The van der Waals surface area contributed by atoms with Gasteiger partial charge in [-0.15, -0.1) is 0 Å². The van der Waals surface area contributed by atoms with Gasteiger partial charge in [-0.3, -0.25) is 4.90 Å². The first-order valence-corrected chi connectivity index (χ1v) is 5.29. The molecule has 0 N–H and O–H groups in total. The van der Waals surface area contributed by atoms with Crippen LogP contribution in [0, 0.1) is 0 Å². The highest BCUT2D eigenvalue weighted by Gasteiger charge is 2.41. The van der Waals surface area contributed by atoms with Gasteiger partial charge in [-0.25, -0.2) is 4.39 Å². The molecule has 0 aliphatic rings. The molecule has 1 nitrogen and oxygen atoms in total. The molecule has 0 fully saturated rings. The quantitative estimate of drug-likeness (QED) is 0.662. The predicted octanol–water partition coefficient (Wildman–Crippen LogP) is 3.63. The molecule has 0 rings (SSSR count). The van der Waals surface area contributed by atoms with Crippen LogP contribution in [0.1, 0.15) is 55.4 Å². The number of rotatable bonds is 2. The minimum Gasteiger partial charge on any atom is -0.286 e. The number of alkyl halides is 1. The molecule has 14 heavy (non-hydrogen) atoms. The third kappa shape index (κ3) is 3.23. The van der Waals surface area contributed by atoms with Gasteiger partial charge in [-0.05, 0) is 55.4 Å². The fourth-order valence-electron chi connectivity index (χ4n) is 2.88. The van der Waals surface area contributed by atoms with E-state index in [1.807, 2.05) is 13.8 Å². The van der Waals surface area contributed by atoms with Gasteiger partial charge in [-0.2, -0.15) is 0 Å². The molecule has 0 bridgehead atoms. The molecule has 0 unspecified atom stereocenters. The minimum absolute atomic E-state index is 0.0200. The number of halogens is 1. The second kappa shape index (κ2) is 3.80. The van der Waals surface area contributed by atoms with Crippen molar-refractivity contribution in [2.24, 2.45) is 0 Å². The Morgan fingerprint density at radius 2 is 1.07 bits per heavy atom. The van der Waals surface area contributed by atoms with E-state index in [2.05, 4.69) is 46.4 Å². The summed E-state index contributed by atoms with van der Waals surface area (Å²) in [4.78, 5) is 2.24. The first-order chi connectivity index (χ1) is 5.93. The Morgan fingerprint density at radius 3 is 1.14 bits per heavy atom. The Labute approximate surface area is 88.7 Å². The van der Waals surface area contributed by atoms with E-state index in [1.54, 1.807) is 0 Å². The van der Waals surface area contributed by atoms with Gasteiger partial charge in [0.05, 0.1) is 0 Å².